The fraction of sp³-hybridized carbons (Fsp3) is 0.846. The van der Waals surface area contributed by atoms with Crippen molar-refractivity contribution in [2.45, 2.75) is 85.2 Å². The number of thioether (sulfide) groups is 1. The van der Waals surface area contributed by atoms with E-state index in [1.54, 1.807) is 25.1 Å². The molecule has 0 spiro atoms. The Morgan fingerprint density at radius 3 is 2.09 bits per heavy atom. The van der Waals surface area contributed by atoms with Gasteiger partial charge in [0.15, 0.2) is 0 Å². The Hall–Kier alpha value is -0.690. The van der Waals surface area contributed by atoms with Crippen LogP contribution in [-0.4, -0.2) is 70.7 Å². The van der Waals surface area contributed by atoms with Gasteiger partial charge >= 0.3 is 0 Å². The molecule has 3 saturated heterocycles. The van der Waals surface area contributed by atoms with Gasteiger partial charge in [-0.3, -0.25) is 4.99 Å². The molecule has 4 fully saturated rings. The molecule has 0 N–H and O–H groups in total. The van der Waals surface area contributed by atoms with Crippen LogP contribution in [0.5, 0.6) is 0 Å². The van der Waals surface area contributed by atoms with E-state index in [1.807, 2.05) is 32.4 Å². The third kappa shape index (κ3) is 17.8. The van der Waals surface area contributed by atoms with Crippen LogP contribution in [-0.2, 0) is 14.3 Å². The molecule has 4 aliphatic rings. The van der Waals surface area contributed by atoms with Gasteiger partial charge in [-0.2, -0.15) is 0 Å². The molecule has 190 valence electrons. The molecule has 0 amide bonds. The van der Waals surface area contributed by atoms with Crippen LogP contribution in [0.15, 0.2) is 16.6 Å². The first-order valence-corrected chi connectivity index (χ1v) is 13.6. The second-order valence-corrected chi connectivity index (χ2v) is 9.33. The standard InChI is InChI=1S/C9H16O2.C7H15N.C4H7NS.C4H8O.C2H6/c1-10-6-9-4-2-8(3-5-9)11-7-9;1-7-3-5-8(2)6-4-7;1-5-3-4-6-2;1-2-3-4-5;1-2/h8H,2-7H2,1H3;7H,3-6H2,1-2H3;3-4H,1H2,2H3;4H,2-3H2,1H3;1-2H3/b;;4-3-;;. The molecule has 3 aliphatic heterocycles. The number of rotatable bonds is 6. The molecule has 0 aromatic carbocycles. The summed E-state index contributed by atoms with van der Waals surface area (Å²) < 4.78 is 10.9. The number of hydrogen-bond acceptors (Lipinski definition) is 6. The number of hydrogen-bond donors (Lipinski definition) is 0. The minimum atomic E-state index is 0.392. The highest BCUT2D eigenvalue weighted by atomic mass is 32.2. The van der Waals surface area contributed by atoms with E-state index < -0.39 is 0 Å². The smallest absolute Gasteiger partial charge is 0.119 e. The van der Waals surface area contributed by atoms with E-state index in [9.17, 15) is 4.79 Å². The van der Waals surface area contributed by atoms with Crippen LogP contribution in [0.2, 0.25) is 0 Å². The van der Waals surface area contributed by atoms with Gasteiger partial charge in [0.25, 0.3) is 0 Å². The van der Waals surface area contributed by atoms with E-state index in [1.165, 1.54) is 51.6 Å². The predicted molar refractivity (Wildman–Crippen MR) is 143 cm³/mol. The molecule has 0 unspecified atom stereocenters. The molecular formula is C26H52N2O3S. The summed E-state index contributed by atoms with van der Waals surface area (Å²) in [5, 5.41) is 1.87. The largest absolute Gasteiger partial charge is 0.384 e. The third-order valence-corrected chi connectivity index (χ3v) is 6.18. The van der Waals surface area contributed by atoms with E-state index >= 15 is 0 Å². The second-order valence-electron chi connectivity index (χ2n) is 8.59. The number of carbonyl (C=O) groups is 1. The lowest BCUT2D eigenvalue weighted by Gasteiger charge is -2.45. The molecule has 0 atom stereocenters. The topological polar surface area (TPSA) is 51.1 Å². The van der Waals surface area contributed by atoms with Gasteiger partial charge in [0.2, 0.25) is 0 Å². The summed E-state index contributed by atoms with van der Waals surface area (Å²) in [7, 11) is 3.99. The summed E-state index contributed by atoms with van der Waals surface area (Å²) in [5.41, 5.74) is 0.392. The Morgan fingerprint density at radius 1 is 1.22 bits per heavy atom. The molecule has 0 aromatic rings. The van der Waals surface area contributed by atoms with Gasteiger partial charge in [-0.1, -0.05) is 27.7 Å². The van der Waals surface area contributed by atoms with Gasteiger partial charge in [0.1, 0.15) is 6.29 Å². The summed E-state index contributed by atoms with van der Waals surface area (Å²) in [5.74, 6) is 0.978. The Morgan fingerprint density at radius 2 is 1.81 bits per heavy atom. The zero-order valence-electron chi connectivity index (χ0n) is 22.1. The van der Waals surface area contributed by atoms with Crippen molar-refractivity contribution in [2.75, 3.05) is 46.7 Å². The van der Waals surface area contributed by atoms with Crippen molar-refractivity contribution >= 4 is 24.8 Å². The van der Waals surface area contributed by atoms with Crippen molar-refractivity contribution in [2.24, 2.45) is 16.3 Å². The maximum absolute atomic E-state index is 9.40. The van der Waals surface area contributed by atoms with Crippen molar-refractivity contribution in [1.82, 2.24) is 4.90 Å². The lowest BCUT2D eigenvalue weighted by Crippen LogP contribution is -2.45. The maximum Gasteiger partial charge on any atom is 0.119 e. The lowest BCUT2D eigenvalue weighted by molar-refractivity contribution is -0.136. The van der Waals surface area contributed by atoms with Crippen molar-refractivity contribution in [3.05, 3.63) is 11.6 Å². The average molecular weight is 473 g/mol. The number of likely N-dealkylation sites (tertiary alicyclic amines) is 1. The van der Waals surface area contributed by atoms with Crippen LogP contribution >= 0.6 is 11.8 Å². The highest BCUT2D eigenvalue weighted by Gasteiger charge is 2.41. The number of aliphatic imine (C=N–C) groups is 1. The van der Waals surface area contributed by atoms with E-state index in [4.69, 9.17) is 9.47 Å². The fourth-order valence-electron chi connectivity index (χ4n) is 3.66. The zero-order chi connectivity index (χ0) is 24.7. The number of fused-ring (bicyclic) bond motifs is 3. The van der Waals surface area contributed by atoms with Gasteiger partial charge in [0.05, 0.1) is 19.3 Å². The molecule has 0 radical (unpaired) electrons. The quantitative estimate of drug-likeness (QED) is 0.327. The molecule has 0 aromatic heterocycles. The Bertz CT molecular complexity index is 415. The molecule has 6 heteroatoms. The molecule has 5 nitrogen and oxygen atoms in total. The minimum Gasteiger partial charge on any atom is -0.384 e. The number of carbonyl (C=O) groups excluding carboxylic acids is 1. The third-order valence-electron chi connectivity index (χ3n) is 5.79. The number of methoxy groups -OCH3 is 1. The highest BCUT2D eigenvalue weighted by Crippen LogP contribution is 2.42. The molecular weight excluding hydrogens is 420 g/mol. The minimum absolute atomic E-state index is 0.392. The first kappa shape index (κ1) is 33.5. The first-order chi connectivity index (χ1) is 15.5. The predicted octanol–water partition coefficient (Wildman–Crippen LogP) is 6.47. The Balaban J connectivity index is 0. The molecule has 1 saturated carbocycles. The van der Waals surface area contributed by atoms with Crippen LogP contribution in [0.1, 0.15) is 79.1 Å². The number of piperidine rings is 1. The van der Waals surface area contributed by atoms with Crippen LogP contribution in [0.4, 0.5) is 0 Å². The zero-order valence-corrected chi connectivity index (χ0v) is 22.9. The van der Waals surface area contributed by atoms with Crippen LogP contribution in [0.3, 0.4) is 0 Å². The van der Waals surface area contributed by atoms with Crippen molar-refractivity contribution in [1.29, 1.82) is 0 Å². The monoisotopic (exact) mass is 472 g/mol. The molecule has 3 heterocycles. The highest BCUT2D eigenvalue weighted by molar-refractivity contribution is 8.01. The van der Waals surface area contributed by atoms with E-state index in [2.05, 4.69) is 30.6 Å². The molecule has 2 bridgehead atoms. The maximum atomic E-state index is 9.40. The van der Waals surface area contributed by atoms with E-state index in [0.29, 0.717) is 17.9 Å². The number of aldehydes is 1. The van der Waals surface area contributed by atoms with Crippen LogP contribution in [0, 0.1) is 11.3 Å². The van der Waals surface area contributed by atoms with Crippen LogP contribution in [0.25, 0.3) is 0 Å². The SMILES string of the molecule is C=N/C=C\SC.CC.CC1CCN(C)CC1.CCCC=O.COCC12CCC(CC1)OC2. The Labute approximate surface area is 203 Å². The summed E-state index contributed by atoms with van der Waals surface area (Å²) in [6.07, 6.45) is 14.8. The lowest BCUT2D eigenvalue weighted by atomic mass is 9.72. The normalized spacial score (nSPS) is 24.4. The van der Waals surface area contributed by atoms with Crippen molar-refractivity contribution in [3.63, 3.8) is 0 Å². The summed E-state index contributed by atoms with van der Waals surface area (Å²) in [6.45, 7) is 16.0. The summed E-state index contributed by atoms with van der Waals surface area (Å²) >= 11 is 1.61. The number of unbranched alkanes of at least 4 members (excludes halogenated alkanes) is 1. The number of nitrogens with zero attached hydrogens (tertiary/aromatic N) is 2. The van der Waals surface area contributed by atoms with Crippen LogP contribution < -0.4 is 0 Å². The fourth-order valence-corrected chi connectivity index (χ4v) is 3.87. The van der Waals surface area contributed by atoms with Gasteiger partial charge in [0, 0.05) is 25.1 Å². The molecule has 4 rings (SSSR count). The summed E-state index contributed by atoms with van der Waals surface area (Å²) in [4.78, 5) is 15.3. The van der Waals surface area contributed by atoms with Crippen molar-refractivity contribution < 1.29 is 14.3 Å². The number of ether oxygens (including phenoxy) is 2. The summed E-state index contributed by atoms with van der Waals surface area (Å²) in [6, 6.07) is 0. The van der Waals surface area contributed by atoms with Crippen molar-refractivity contribution in [3.8, 4) is 0 Å². The van der Waals surface area contributed by atoms with Gasteiger partial charge in [-0.15, -0.1) is 11.8 Å². The molecule has 1 aliphatic carbocycles. The Kier molecular flexibility index (Phi) is 24.6. The van der Waals surface area contributed by atoms with Gasteiger partial charge in [-0.25, -0.2) is 0 Å². The van der Waals surface area contributed by atoms with Gasteiger partial charge in [-0.05, 0) is 89.4 Å². The van der Waals surface area contributed by atoms with E-state index in [-0.39, 0.29) is 0 Å². The molecule has 32 heavy (non-hydrogen) atoms. The second kappa shape index (κ2) is 23.5. The first-order valence-electron chi connectivity index (χ1n) is 12.3. The van der Waals surface area contributed by atoms with E-state index in [0.717, 1.165) is 31.8 Å². The average Bonchev–Trinajstić information content (AvgIpc) is 2.84. The van der Waals surface area contributed by atoms with Gasteiger partial charge < -0.3 is 19.2 Å².